The molecule has 1 N–H and O–H groups in total. The van der Waals surface area contributed by atoms with Crippen molar-refractivity contribution in [2.24, 2.45) is 0 Å². The number of nitrogens with one attached hydrogen (secondary N) is 1. The highest BCUT2D eigenvalue weighted by Gasteiger charge is 2.15. The molecule has 0 spiro atoms. The summed E-state index contributed by atoms with van der Waals surface area (Å²) in [5.74, 6) is -0.0751. The van der Waals surface area contributed by atoms with E-state index in [1.807, 2.05) is 44.2 Å². The molecule has 0 unspecified atom stereocenters. The van der Waals surface area contributed by atoms with E-state index in [4.69, 9.17) is 0 Å². The summed E-state index contributed by atoms with van der Waals surface area (Å²) in [6.45, 7) is 4.03. The van der Waals surface area contributed by atoms with Crippen molar-refractivity contribution in [1.29, 1.82) is 0 Å². The maximum Gasteiger partial charge on any atom is 0.266 e. The predicted octanol–water partition coefficient (Wildman–Crippen LogP) is 4.19. The highest BCUT2D eigenvalue weighted by Crippen LogP contribution is 2.23. The Labute approximate surface area is 175 Å². The van der Waals surface area contributed by atoms with Gasteiger partial charge in [-0.25, -0.2) is 9.97 Å². The van der Waals surface area contributed by atoms with Crippen molar-refractivity contribution in [3.05, 3.63) is 75.5 Å². The number of aryl methyl sites for hydroxylation is 2. The third kappa shape index (κ3) is 4.08. The van der Waals surface area contributed by atoms with E-state index in [0.717, 1.165) is 16.8 Å². The quantitative estimate of drug-likeness (QED) is 0.385. The number of rotatable bonds is 5. The zero-order valence-corrected chi connectivity index (χ0v) is 17.5. The molecule has 6 nitrogen and oxygen atoms in total. The molecule has 2 aromatic carbocycles. The first-order valence-corrected chi connectivity index (χ1v) is 10.8. The van der Waals surface area contributed by atoms with E-state index >= 15 is 0 Å². The average Bonchev–Trinajstić information content (AvgIpc) is 3.22. The van der Waals surface area contributed by atoms with Crippen molar-refractivity contribution in [3.8, 4) is 5.69 Å². The van der Waals surface area contributed by atoms with Crippen LogP contribution in [0, 0.1) is 13.8 Å². The lowest BCUT2D eigenvalue weighted by Gasteiger charge is -2.14. The highest BCUT2D eigenvalue weighted by atomic mass is 32.2. The zero-order chi connectivity index (χ0) is 20.4. The smallest absolute Gasteiger partial charge is 0.266 e. The minimum absolute atomic E-state index is 0.120. The van der Waals surface area contributed by atoms with E-state index in [0.29, 0.717) is 21.2 Å². The molecule has 8 heteroatoms. The molecular formula is C21H18N4O2S2. The molecule has 0 atom stereocenters. The van der Waals surface area contributed by atoms with Crippen molar-refractivity contribution in [2.45, 2.75) is 19.0 Å². The number of fused-ring (bicyclic) bond motifs is 1. The number of carbonyl (C=O) groups is 1. The van der Waals surface area contributed by atoms with E-state index in [9.17, 15) is 9.59 Å². The van der Waals surface area contributed by atoms with Gasteiger partial charge in [0.05, 0.1) is 22.3 Å². The first-order chi connectivity index (χ1) is 14.0. The van der Waals surface area contributed by atoms with Gasteiger partial charge in [-0.2, -0.15) is 0 Å². The first kappa shape index (κ1) is 19.4. The lowest BCUT2D eigenvalue weighted by atomic mass is 10.1. The molecule has 0 radical (unpaired) electrons. The molecule has 0 aliphatic heterocycles. The summed E-state index contributed by atoms with van der Waals surface area (Å²) in [4.78, 5) is 34.3. The Morgan fingerprint density at radius 1 is 1.17 bits per heavy atom. The molecule has 2 aromatic heterocycles. The van der Waals surface area contributed by atoms with Crippen LogP contribution in [0.1, 0.15) is 11.1 Å². The number of hydrogen-bond acceptors (Lipinski definition) is 6. The Morgan fingerprint density at radius 2 is 2.00 bits per heavy atom. The Balaban J connectivity index is 1.74. The zero-order valence-electron chi connectivity index (χ0n) is 15.9. The SMILES string of the molecule is Cc1ccc(-n2c(SCC(=O)Nc3nccs3)nc3ccccc3c2=O)cc1C. The van der Waals surface area contributed by atoms with Gasteiger partial charge < -0.3 is 5.32 Å². The van der Waals surface area contributed by atoms with Gasteiger partial charge in [0.1, 0.15) is 0 Å². The third-order valence-corrected chi connectivity index (χ3v) is 6.13. The van der Waals surface area contributed by atoms with E-state index in [1.165, 1.54) is 23.1 Å². The number of benzene rings is 2. The van der Waals surface area contributed by atoms with Crippen LogP contribution in [0.2, 0.25) is 0 Å². The van der Waals surface area contributed by atoms with Crippen LogP contribution in [0.15, 0.2) is 64.0 Å². The van der Waals surface area contributed by atoms with Crippen molar-refractivity contribution in [1.82, 2.24) is 14.5 Å². The second-order valence-corrected chi connectivity index (χ2v) is 8.33. The monoisotopic (exact) mass is 422 g/mol. The van der Waals surface area contributed by atoms with Gasteiger partial charge in [-0.15, -0.1) is 11.3 Å². The number of amides is 1. The third-order valence-electron chi connectivity index (χ3n) is 4.50. The van der Waals surface area contributed by atoms with Crippen LogP contribution in [0.25, 0.3) is 16.6 Å². The summed E-state index contributed by atoms with van der Waals surface area (Å²) in [5.41, 5.74) is 3.42. The number of para-hydroxylation sites is 1. The van der Waals surface area contributed by atoms with Gasteiger partial charge >= 0.3 is 0 Å². The summed E-state index contributed by atoms with van der Waals surface area (Å²) in [5, 5.41) is 6.12. The van der Waals surface area contributed by atoms with E-state index in [2.05, 4.69) is 15.3 Å². The summed E-state index contributed by atoms with van der Waals surface area (Å²) in [6.07, 6.45) is 1.63. The number of thioether (sulfide) groups is 1. The summed E-state index contributed by atoms with van der Waals surface area (Å²) < 4.78 is 1.58. The Bertz CT molecular complexity index is 1250. The standard InChI is InChI=1S/C21H18N4O2S2/c1-13-7-8-15(11-14(13)2)25-19(27)16-5-3-4-6-17(16)23-21(25)29-12-18(26)24-20-22-9-10-28-20/h3-11H,12H2,1-2H3,(H,22,24,26). The molecule has 0 fully saturated rings. The fourth-order valence-electron chi connectivity index (χ4n) is 2.87. The normalized spacial score (nSPS) is 11.0. The maximum absolute atomic E-state index is 13.2. The Hall–Kier alpha value is -2.97. The van der Waals surface area contributed by atoms with Gasteiger partial charge in [-0.3, -0.25) is 14.2 Å². The van der Waals surface area contributed by atoms with Crippen LogP contribution in [-0.4, -0.2) is 26.2 Å². The molecular weight excluding hydrogens is 404 g/mol. The van der Waals surface area contributed by atoms with Crippen LogP contribution in [0.3, 0.4) is 0 Å². The van der Waals surface area contributed by atoms with Gasteiger partial charge in [0.15, 0.2) is 10.3 Å². The predicted molar refractivity (Wildman–Crippen MR) is 118 cm³/mol. The minimum atomic E-state index is -0.195. The Kier molecular flexibility index (Phi) is 5.46. The second kappa shape index (κ2) is 8.18. The van der Waals surface area contributed by atoms with Gasteiger partial charge in [0, 0.05) is 11.6 Å². The van der Waals surface area contributed by atoms with Crippen LogP contribution >= 0.6 is 23.1 Å². The van der Waals surface area contributed by atoms with Crippen LogP contribution < -0.4 is 10.9 Å². The van der Waals surface area contributed by atoms with Crippen LogP contribution in [0.5, 0.6) is 0 Å². The molecule has 0 saturated carbocycles. The number of hydrogen-bond donors (Lipinski definition) is 1. The van der Waals surface area contributed by atoms with E-state index in [1.54, 1.807) is 28.3 Å². The van der Waals surface area contributed by atoms with Gasteiger partial charge in [0.2, 0.25) is 5.91 Å². The topological polar surface area (TPSA) is 76.9 Å². The molecule has 0 saturated heterocycles. The molecule has 2 heterocycles. The van der Waals surface area contributed by atoms with Gasteiger partial charge in [-0.1, -0.05) is 30.0 Å². The number of anilines is 1. The summed E-state index contributed by atoms with van der Waals surface area (Å²) in [6, 6.07) is 13.1. The molecule has 1 amide bonds. The van der Waals surface area contributed by atoms with Crippen molar-refractivity contribution in [3.63, 3.8) is 0 Å². The average molecular weight is 423 g/mol. The minimum Gasteiger partial charge on any atom is -0.301 e. The lowest BCUT2D eigenvalue weighted by molar-refractivity contribution is -0.113. The van der Waals surface area contributed by atoms with Crippen molar-refractivity contribution in [2.75, 3.05) is 11.1 Å². The molecule has 0 aliphatic rings. The first-order valence-electron chi connectivity index (χ1n) is 8.94. The molecule has 0 aliphatic carbocycles. The maximum atomic E-state index is 13.2. The largest absolute Gasteiger partial charge is 0.301 e. The Morgan fingerprint density at radius 3 is 2.76 bits per heavy atom. The number of aromatic nitrogens is 3. The number of carbonyl (C=O) groups excluding carboxylic acids is 1. The summed E-state index contributed by atoms with van der Waals surface area (Å²) in [7, 11) is 0. The lowest BCUT2D eigenvalue weighted by Crippen LogP contribution is -2.23. The van der Waals surface area contributed by atoms with Crippen molar-refractivity contribution >= 4 is 45.0 Å². The second-order valence-electron chi connectivity index (χ2n) is 6.49. The van der Waals surface area contributed by atoms with Crippen LogP contribution in [-0.2, 0) is 4.79 Å². The molecule has 4 aromatic rings. The number of thiazole rings is 1. The molecule has 29 heavy (non-hydrogen) atoms. The highest BCUT2D eigenvalue weighted by molar-refractivity contribution is 7.99. The van der Waals surface area contributed by atoms with E-state index < -0.39 is 0 Å². The number of nitrogens with zero attached hydrogens (tertiary/aromatic N) is 3. The van der Waals surface area contributed by atoms with Gasteiger partial charge in [-0.05, 0) is 49.2 Å². The fourth-order valence-corrected chi connectivity index (χ4v) is 4.23. The van der Waals surface area contributed by atoms with Crippen LogP contribution in [0.4, 0.5) is 5.13 Å². The van der Waals surface area contributed by atoms with Gasteiger partial charge in [0.25, 0.3) is 5.56 Å². The fraction of sp³-hybridized carbons (Fsp3) is 0.143. The van der Waals surface area contributed by atoms with E-state index in [-0.39, 0.29) is 17.2 Å². The summed E-state index contributed by atoms with van der Waals surface area (Å²) >= 11 is 2.58. The molecule has 4 rings (SSSR count). The molecule has 0 bridgehead atoms. The molecule has 146 valence electrons. The van der Waals surface area contributed by atoms with Crippen molar-refractivity contribution < 1.29 is 4.79 Å².